The minimum atomic E-state index is -0.222. The maximum absolute atomic E-state index is 12.8. The van der Waals surface area contributed by atoms with E-state index in [0.717, 1.165) is 36.5 Å². The molecule has 2 N–H and O–H groups in total. The first kappa shape index (κ1) is 10.5. The molecule has 0 aliphatic carbocycles. The number of hydrogen-bond donors (Lipinski definition) is 1. The molecular weight excluding hydrogens is 217 g/mol. The Hall–Kier alpha value is -1.68. The van der Waals surface area contributed by atoms with E-state index in [9.17, 15) is 4.39 Å². The third kappa shape index (κ3) is 1.96. The molecule has 0 bridgehead atoms. The van der Waals surface area contributed by atoms with Crippen molar-refractivity contribution in [2.45, 2.75) is 25.4 Å². The number of nitrogens with two attached hydrogens (primary N) is 1. The molecule has 0 radical (unpaired) electrons. The lowest BCUT2D eigenvalue weighted by molar-refractivity contribution is 0.453. The highest BCUT2D eigenvalue weighted by Gasteiger charge is 2.17. The maximum atomic E-state index is 12.8. The van der Waals surface area contributed by atoms with Crippen molar-refractivity contribution >= 4 is 0 Å². The van der Waals surface area contributed by atoms with Gasteiger partial charge < -0.3 is 10.3 Å². The first-order chi connectivity index (χ1) is 8.22. The zero-order chi connectivity index (χ0) is 11.8. The molecule has 1 aromatic carbocycles. The van der Waals surface area contributed by atoms with Gasteiger partial charge in [0, 0.05) is 30.8 Å². The van der Waals surface area contributed by atoms with Gasteiger partial charge in [0.25, 0.3) is 0 Å². The molecule has 0 amide bonds. The Balaban J connectivity index is 1.97. The summed E-state index contributed by atoms with van der Waals surface area (Å²) in [6.45, 7) is 0.823. The van der Waals surface area contributed by atoms with Crippen LogP contribution in [0, 0.1) is 5.82 Å². The monoisotopic (exact) mass is 231 g/mol. The van der Waals surface area contributed by atoms with Crippen molar-refractivity contribution < 1.29 is 4.39 Å². The van der Waals surface area contributed by atoms with Crippen molar-refractivity contribution in [1.29, 1.82) is 0 Å². The van der Waals surface area contributed by atoms with Gasteiger partial charge in [0.15, 0.2) is 0 Å². The SMILES string of the molecule is NC1CCc2nc(-c3ccc(F)cc3)cn2C1. The molecular formula is C13H14FN3. The quantitative estimate of drug-likeness (QED) is 0.815. The van der Waals surface area contributed by atoms with E-state index in [1.54, 1.807) is 12.1 Å². The lowest BCUT2D eigenvalue weighted by Crippen LogP contribution is -2.31. The molecule has 0 spiro atoms. The predicted octanol–water partition coefficient (Wildman–Crippen LogP) is 1.96. The van der Waals surface area contributed by atoms with Crippen LogP contribution in [-0.2, 0) is 13.0 Å². The molecule has 1 aliphatic heterocycles. The highest BCUT2D eigenvalue weighted by atomic mass is 19.1. The molecule has 3 nitrogen and oxygen atoms in total. The molecule has 0 fully saturated rings. The van der Waals surface area contributed by atoms with Crippen LogP contribution in [0.2, 0.25) is 0 Å². The van der Waals surface area contributed by atoms with Gasteiger partial charge in [-0.1, -0.05) is 0 Å². The van der Waals surface area contributed by atoms with Gasteiger partial charge in [-0.3, -0.25) is 0 Å². The van der Waals surface area contributed by atoms with Gasteiger partial charge in [-0.05, 0) is 30.7 Å². The second-order valence-electron chi connectivity index (χ2n) is 4.50. The highest BCUT2D eigenvalue weighted by Crippen LogP contribution is 2.22. The summed E-state index contributed by atoms with van der Waals surface area (Å²) in [7, 11) is 0. The molecule has 2 heterocycles. The average Bonchev–Trinajstić information content (AvgIpc) is 2.72. The fourth-order valence-electron chi connectivity index (χ4n) is 2.23. The van der Waals surface area contributed by atoms with Gasteiger partial charge >= 0.3 is 0 Å². The lowest BCUT2D eigenvalue weighted by atomic mass is 10.1. The number of halogens is 1. The first-order valence-corrected chi connectivity index (χ1v) is 5.80. The minimum absolute atomic E-state index is 0.220. The molecule has 4 heteroatoms. The first-order valence-electron chi connectivity index (χ1n) is 5.80. The zero-order valence-electron chi connectivity index (χ0n) is 9.44. The number of hydrogen-bond acceptors (Lipinski definition) is 2. The van der Waals surface area contributed by atoms with Crippen LogP contribution in [-0.4, -0.2) is 15.6 Å². The molecule has 2 aromatic rings. The van der Waals surface area contributed by atoms with Gasteiger partial charge in [-0.25, -0.2) is 9.37 Å². The molecule has 1 aliphatic rings. The summed E-state index contributed by atoms with van der Waals surface area (Å²) in [4.78, 5) is 4.57. The number of imidazole rings is 1. The Morgan fingerprint density at radius 1 is 1.29 bits per heavy atom. The van der Waals surface area contributed by atoms with Crippen molar-refractivity contribution in [3.8, 4) is 11.3 Å². The summed E-state index contributed by atoms with van der Waals surface area (Å²) < 4.78 is 14.9. The zero-order valence-corrected chi connectivity index (χ0v) is 9.44. The summed E-state index contributed by atoms with van der Waals surface area (Å²) in [6, 6.07) is 6.64. The molecule has 0 saturated carbocycles. The van der Waals surface area contributed by atoms with E-state index in [-0.39, 0.29) is 11.9 Å². The third-order valence-electron chi connectivity index (χ3n) is 3.17. The average molecular weight is 231 g/mol. The van der Waals surface area contributed by atoms with Gasteiger partial charge in [-0.15, -0.1) is 0 Å². The van der Waals surface area contributed by atoms with Crippen LogP contribution in [0.3, 0.4) is 0 Å². The van der Waals surface area contributed by atoms with E-state index in [0.29, 0.717) is 0 Å². The second kappa shape index (κ2) is 3.96. The number of aryl methyl sites for hydroxylation is 1. The largest absolute Gasteiger partial charge is 0.333 e. The summed E-state index contributed by atoms with van der Waals surface area (Å²) in [5, 5.41) is 0. The van der Waals surface area contributed by atoms with Crippen molar-refractivity contribution in [2.75, 3.05) is 0 Å². The van der Waals surface area contributed by atoms with Crippen molar-refractivity contribution in [2.24, 2.45) is 5.73 Å². The van der Waals surface area contributed by atoms with Crippen LogP contribution < -0.4 is 5.73 Å². The number of benzene rings is 1. The smallest absolute Gasteiger partial charge is 0.123 e. The normalized spacial score (nSPS) is 19.1. The van der Waals surface area contributed by atoms with Gasteiger partial charge in [-0.2, -0.15) is 0 Å². The Morgan fingerprint density at radius 3 is 2.82 bits per heavy atom. The van der Waals surface area contributed by atoms with Crippen molar-refractivity contribution in [3.05, 3.63) is 42.1 Å². The van der Waals surface area contributed by atoms with Crippen LogP contribution in [0.1, 0.15) is 12.2 Å². The van der Waals surface area contributed by atoms with Crippen LogP contribution in [0.15, 0.2) is 30.5 Å². The van der Waals surface area contributed by atoms with Crippen molar-refractivity contribution in [1.82, 2.24) is 9.55 Å². The van der Waals surface area contributed by atoms with E-state index < -0.39 is 0 Å². The number of rotatable bonds is 1. The van der Waals surface area contributed by atoms with Crippen LogP contribution in [0.4, 0.5) is 4.39 Å². The molecule has 1 atom stereocenters. The molecule has 3 rings (SSSR count). The number of fused-ring (bicyclic) bond motifs is 1. The van der Waals surface area contributed by atoms with Gasteiger partial charge in [0.1, 0.15) is 11.6 Å². The standard InChI is InChI=1S/C13H14FN3/c14-10-3-1-9(2-4-10)12-8-17-7-11(15)5-6-13(17)16-12/h1-4,8,11H,5-7,15H2. The molecule has 88 valence electrons. The van der Waals surface area contributed by atoms with E-state index in [2.05, 4.69) is 9.55 Å². The van der Waals surface area contributed by atoms with Crippen LogP contribution in [0.5, 0.6) is 0 Å². The van der Waals surface area contributed by atoms with Crippen LogP contribution in [0.25, 0.3) is 11.3 Å². The topological polar surface area (TPSA) is 43.8 Å². The molecule has 1 unspecified atom stereocenters. The number of aromatic nitrogens is 2. The summed E-state index contributed by atoms with van der Waals surface area (Å²) in [5.41, 5.74) is 7.76. The Kier molecular flexibility index (Phi) is 2.44. The summed E-state index contributed by atoms with van der Waals surface area (Å²) >= 11 is 0. The Bertz CT molecular complexity index is 530. The third-order valence-corrected chi connectivity index (χ3v) is 3.17. The highest BCUT2D eigenvalue weighted by molar-refractivity contribution is 5.58. The molecule has 17 heavy (non-hydrogen) atoms. The second-order valence-corrected chi connectivity index (χ2v) is 4.50. The van der Waals surface area contributed by atoms with E-state index >= 15 is 0 Å². The van der Waals surface area contributed by atoms with E-state index in [1.165, 1.54) is 12.1 Å². The van der Waals surface area contributed by atoms with Gasteiger partial charge in [0.05, 0.1) is 5.69 Å². The van der Waals surface area contributed by atoms with Crippen molar-refractivity contribution in [3.63, 3.8) is 0 Å². The lowest BCUT2D eigenvalue weighted by Gasteiger charge is -2.19. The molecule has 1 aromatic heterocycles. The fraction of sp³-hybridized carbons (Fsp3) is 0.308. The number of nitrogens with zero attached hydrogens (tertiary/aromatic N) is 2. The summed E-state index contributed by atoms with van der Waals surface area (Å²) in [5.74, 6) is 0.853. The van der Waals surface area contributed by atoms with Crippen LogP contribution >= 0.6 is 0 Å². The fourth-order valence-corrected chi connectivity index (χ4v) is 2.23. The van der Waals surface area contributed by atoms with E-state index in [1.807, 2.05) is 6.20 Å². The summed E-state index contributed by atoms with van der Waals surface area (Å²) in [6.07, 6.45) is 3.91. The van der Waals surface area contributed by atoms with E-state index in [4.69, 9.17) is 5.73 Å². The maximum Gasteiger partial charge on any atom is 0.123 e. The predicted molar refractivity (Wildman–Crippen MR) is 63.9 cm³/mol. The Morgan fingerprint density at radius 2 is 2.06 bits per heavy atom. The Labute approximate surface area is 99.1 Å². The van der Waals surface area contributed by atoms with Gasteiger partial charge in [0.2, 0.25) is 0 Å². The minimum Gasteiger partial charge on any atom is -0.333 e. The molecule has 0 saturated heterocycles.